The van der Waals surface area contributed by atoms with Crippen LogP contribution in [0.5, 0.6) is 0 Å². The third kappa shape index (κ3) is 3.44. The molecule has 0 fully saturated rings. The van der Waals surface area contributed by atoms with Gasteiger partial charge in [-0.25, -0.2) is 14.4 Å². The molecule has 0 atom stereocenters. The van der Waals surface area contributed by atoms with E-state index in [1.807, 2.05) is 6.07 Å². The van der Waals surface area contributed by atoms with Gasteiger partial charge in [-0.1, -0.05) is 26.8 Å². The monoisotopic (exact) mass is 275 g/mol. The molecular formula is C16H22FN3. The van der Waals surface area contributed by atoms with E-state index < -0.39 is 0 Å². The van der Waals surface area contributed by atoms with Gasteiger partial charge in [-0.05, 0) is 37.8 Å². The summed E-state index contributed by atoms with van der Waals surface area (Å²) in [5, 5.41) is 4.14. The molecule has 2 aromatic rings. The Bertz CT molecular complexity index is 615. The van der Waals surface area contributed by atoms with Crippen molar-refractivity contribution in [2.24, 2.45) is 5.41 Å². The van der Waals surface area contributed by atoms with Crippen LogP contribution in [0.4, 0.5) is 10.2 Å². The van der Waals surface area contributed by atoms with Gasteiger partial charge < -0.3 is 5.32 Å². The van der Waals surface area contributed by atoms with Crippen LogP contribution in [0.25, 0.3) is 10.9 Å². The summed E-state index contributed by atoms with van der Waals surface area (Å²) in [4.78, 5) is 8.29. The van der Waals surface area contributed by atoms with Crippen molar-refractivity contribution in [1.29, 1.82) is 0 Å². The first kappa shape index (κ1) is 14.7. The molecule has 1 aromatic heterocycles. The van der Waals surface area contributed by atoms with Crippen molar-refractivity contribution in [3.8, 4) is 0 Å². The van der Waals surface area contributed by atoms with Gasteiger partial charge in [0.15, 0.2) is 0 Å². The van der Waals surface area contributed by atoms with Crippen LogP contribution in [0, 0.1) is 11.2 Å². The highest BCUT2D eigenvalue weighted by Gasteiger charge is 2.26. The molecule has 0 spiro atoms. The normalized spacial score (nSPS) is 12.7. The Kier molecular flexibility index (Phi) is 3.67. The summed E-state index contributed by atoms with van der Waals surface area (Å²) in [5.41, 5.74) is 0.424. The molecular weight excluding hydrogens is 253 g/mol. The van der Waals surface area contributed by atoms with Gasteiger partial charge in [0, 0.05) is 10.9 Å². The minimum Gasteiger partial charge on any atom is -0.365 e. The van der Waals surface area contributed by atoms with Gasteiger partial charge in [-0.3, -0.25) is 0 Å². The average Bonchev–Trinajstić information content (AvgIpc) is 2.26. The number of anilines is 1. The van der Waals surface area contributed by atoms with Crippen molar-refractivity contribution in [1.82, 2.24) is 9.97 Å². The third-order valence-corrected chi connectivity index (χ3v) is 3.04. The molecule has 0 aliphatic carbocycles. The fraction of sp³-hybridized carbons (Fsp3) is 0.500. The van der Waals surface area contributed by atoms with Crippen LogP contribution >= 0.6 is 0 Å². The molecule has 0 saturated heterocycles. The summed E-state index contributed by atoms with van der Waals surface area (Å²) >= 11 is 0. The van der Waals surface area contributed by atoms with E-state index in [0.717, 1.165) is 11.8 Å². The summed E-state index contributed by atoms with van der Waals surface area (Å²) < 4.78 is 13.8. The van der Waals surface area contributed by atoms with Gasteiger partial charge in [-0.15, -0.1) is 0 Å². The van der Waals surface area contributed by atoms with Gasteiger partial charge >= 0.3 is 0 Å². The summed E-state index contributed by atoms with van der Waals surface area (Å²) in [6.45, 7) is 10.9. The second-order valence-corrected chi connectivity index (χ2v) is 7.10. The lowest BCUT2D eigenvalue weighted by molar-refractivity contribution is 0.302. The van der Waals surface area contributed by atoms with Crippen LogP contribution < -0.4 is 5.32 Å². The molecule has 0 bridgehead atoms. The molecule has 0 unspecified atom stereocenters. The molecule has 2 rings (SSSR count). The molecule has 20 heavy (non-hydrogen) atoms. The maximum Gasteiger partial charge on any atom is 0.149 e. The fourth-order valence-corrected chi connectivity index (χ4v) is 2.84. The van der Waals surface area contributed by atoms with Gasteiger partial charge in [0.1, 0.15) is 23.5 Å². The van der Waals surface area contributed by atoms with E-state index in [4.69, 9.17) is 0 Å². The number of benzene rings is 1. The zero-order valence-corrected chi connectivity index (χ0v) is 12.8. The largest absolute Gasteiger partial charge is 0.365 e. The maximum atomic E-state index is 13.8. The van der Waals surface area contributed by atoms with E-state index in [1.54, 1.807) is 6.07 Å². The zero-order valence-electron chi connectivity index (χ0n) is 12.8. The van der Waals surface area contributed by atoms with Crippen LogP contribution in [0.1, 0.15) is 41.0 Å². The molecule has 1 N–H and O–H groups in total. The minimum atomic E-state index is -0.318. The SMILES string of the molecule is CC(C)(C)CC(C)(C)Nc1ncnc2c(F)cccc12. The van der Waals surface area contributed by atoms with Gasteiger partial charge in [0.05, 0.1) is 0 Å². The Morgan fingerprint density at radius 2 is 1.80 bits per heavy atom. The quantitative estimate of drug-likeness (QED) is 0.902. The first-order chi connectivity index (χ1) is 9.18. The van der Waals surface area contributed by atoms with Gasteiger partial charge in [0.2, 0.25) is 0 Å². The number of aromatic nitrogens is 2. The summed E-state index contributed by atoms with van der Waals surface area (Å²) in [7, 11) is 0. The Labute approximate surface area is 119 Å². The number of nitrogens with zero attached hydrogens (tertiary/aromatic N) is 2. The number of halogens is 1. The number of rotatable bonds is 3. The first-order valence-electron chi connectivity index (χ1n) is 6.85. The van der Waals surface area contributed by atoms with Crippen LogP contribution in [0.2, 0.25) is 0 Å². The molecule has 3 nitrogen and oxygen atoms in total. The number of nitrogens with one attached hydrogen (secondary N) is 1. The summed E-state index contributed by atoms with van der Waals surface area (Å²) in [6, 6.07) is 4.94. The Morgan fingerprint density at radius 1 is 1.10 bits per heavy atom. The third-order valence-electron chi connectivity index (χ3n) is 3.04. The topological polar surface area (TPSA) is 37.8 Å². The smallest absolute Gasteiger partial charge is 0.149 e. The number of fused-ring (bicyclic) bond motifs is 1. The molecule has 1 aromatic carbocycles. The van der Waals surface area contributed by atoms with Crippen molar-refractivity contribution >= 4 is 16.7 Å². The minimum absolute atomic E-state index is 0.133. The van der Waals surface area contributed by atoms with E-state index in [2.05, 4.69) is 49.9 Å². The van der Waals surface area contributed by atoms with Crippen molar-refractivity contribution in [2.45, 2.75) is 46.6 Å². The van der Waals surface area contributed by atoms with Gasteiger partial charge in [0.25, 0.3) is 0 Å². The second-order valence-electron chi connectivity index (χ2n) is 7.10. The second kappa shape index (κ2) is 5.00. The predicted octanol–water partition coefficient (Wildman–Crippen LogP) is 4.40. The van der Waals surface area contributed by atoms with Crippen molar-refractivity contribution in [3.63, 3.8) is 0 Å². The molecule has 1 heterocycles. The van der Waals surface area contributed by atoms with Crippen LogP contribution in [-0.4, -0.2) is 15.5 Å². The van der Waals surface area contributed by atoms with Crippen LogP contribution in [0.3, 0.4) is 0 Å². The Morgan fingerprint density at radius 3 is 2.45 bits per heavy atom. The molecule has 108 valence electrons. The van der Waals surface area contributed by atoms with E-state index in [1.165, 1.54) is 12.4 Å². The molecule has 0 saturated carbocycles. The fourth-order valence-electron chi connectivity index (χ4n) is 2.84. The van der Waals surface area contributed by atoms with Crippen molar-refractivity contribution in [3.05, 3.63) is 30.3 Å². The number of para-hydroxylation sites is 1. The molecule has 0 radical (unpaired) electrons. The van der Waals surface area contributed by atoms with Crippen LogP contribution in [0.15, 0.2) is 24.5 Å². The molecule has 4 heteroatoms. The lowest BCUT2D eigenvalue weighted by atomic mass is 9.82. The standard InChI is InChI=1S/C16H22FN3/c1-15(2,3)9-16(4,5)20-14-11-7-6-8-12(17)13(11)18-10-19-14/h6-8,10H,9H2,1-5H3,(H,18,19,20). The predicted molar refractivity (Wildman–Crippen MR) is 81.3 cm³/mol. The number of hydrogen-bond donors (Lipinski definition) is 1. The van der Waals surface area contributed by atoms with Crippen molar-refractivity contribution < 1.29 is 4.39 Å². The maximum absolute atomic E-state index is 13.8. The Hall–Kier alpha value is -1.71. The van der Waals surface area contributed by atoms with E-state index in [0.29, 0.717) is 11.3 Å². The molecule has 0 aliphatic rings. The van der Waals surface area contributed by atoms with Crippen LogP contribution in [-0.2, 0) is 0 Å². The average molecular weight is 275 g/mol. The lowest BCUT2D eigenvalue weighted by Gasteiger charge is -2.34. The molecule has 0 aliphatic heterocycles. The highest BCUT2D eigenvalue weighted by molar-refractivity contribution is 5.89. The molecule has 0 amide bonds. The van der Waals surface area contributed by atoms with E-state index >= 15 is 0 Å². The highest BCUT2D eigenvalue weighted by Crippen LogP contribution is 2.31. The van der Waals surface area contributed by atoms with Gasteiger partial charge in [-0.2, -0.15) is 0 Å². The van der Waals surface area contributed by atoms with Crippen molar-refractivity contribution in [2.75, 3.05) is 5.32 Å². The van der Waals surface area contributed by atoms with E-state index in [9.17, 15) is 4.39 Å². The zero-order chi connectivity index (χ0) is 15.0. The first-order valence-corrected chi connectivity index (χ1v) is 6.85. The summed E-state index contributed by atoms with van der Waals surface area (Å²) in [6.07, 6.45) is 2.38. The Balaban J connectivity index is 2.37. The van der Waals surface area contributed by atoms with E-state index in [-0.39, 0.29) is 16.8 Å². The lowest BCUT2D eigenvalue weighted by Crippen LogP contribution is -2.35. The highest BCUT2D eigenvalue weighted by atomic mass is 19.1. The summed E-state index contributed by atoms with van der Waals surface area (Å²) in [5.74, 6) is 0.366. The number of hydrogen-bond acceptors (Lipinski definition) is 3.